The van der Waals surface area contributed by atoms with Crippen molar-refractivity contribution in [2.45, 2.75) is 60.3 Å². The Balaban J connectivity index is 2.57. The van der Waals surface area contributed by atoms with Crippen LogP contribution in [0.3, 0.4) is 0 Å². The lowest BCUT2D eigenvalue weighted by atomic mass is 9.79. The molecule has 2 heteroatoms. The zero-order valence-electron chi connectivity index (χ0n) is 13.6. The van der Waals surface area contributed by atoms with Crippen LogP contribution in [0.15, 0.2) is 0 Å². The van der Waals surface area contributed by atoms with Gasteiger partial charge < -0.3 is 4.90 Å². The van der Waals surface area contributed by atoms with E-state index in [1.807, 2.05) is 0 Å². The zero-order valence-corrected chi connectivity index (χ0v) is 13.6. The van der Waals surface area contributed by atoms with Gasteiger partial charge in [0.05, 0.1) is 0 Å². The van der Waals surface area contributed by atoms with Crippen molar-refractivity contribution in [3.05, 3.63) is 0 Å². The molecule has 0 heterocycles. The summed E-state index contributed by atoms with van der Waals surface area (Å²) in [6, 6.07) is 0. The zero-order chi connectivity index (χ0) is 14.4. The molecule has 1 aliphatic carbocycles. The first-order chi connectivity index (χ1) is 8.92. The van der Waals surface area contributed by atoms with Crippen molar-refractivity contribution >= 4 is 5.78 Å². The quantitative estimate of drug-likeness (QED) is 0.695. The molecule has 1 saturated carbocycles. The van der Waals surface area contributed by atoms with E-state index >= 15 is 0 Å². The minimum atomic E-state index is 0.302. The fourth-order valence-electron chi connectivity index (χ4n) is 3.32. The van der Waals surface area contributed by atoms with Gasteiger partial charge in [-0.15, -0.1) is 0 Å². The molecule has 112 valence electrons. The molecule has 19 heavy (non-hydrogen) atoms. The summed E-state index contributed by atoms with van der Waals surface area (Å²) in [6.45, 7) is 14.6. The van der Waals surface area contributed by atoms with E-state index in [-0.39, 0.29) is 0 Å². The Bertz CT molecular complexity index is 262. The Hall–Kier alpha value is -0.370. The average Bonchev–Trinajstić information content (AvgIpc) is 2.30. The first kappa shape index (κ1) is 16.7. The molecule has 0 N–H and O–H groups in total. The van der Waals surface area contributed by atoms with Crippen molar-refractivity contribution in [3.63, 3.8) is 0 Å². The molecule has 0 radical (unpaired) electrons. The highest BCUT2D eigenvalue weighted by atomic mass is 16.1. The fourth-order valence-corrected chi connectivity index (χ4v) is 3.32. The van der Waals surface area contributed by atoms with E-state index in [9.17, 15) is 4.79 Å². The lowest BCUT2D eigenvalue weighted by molar-refractivity contribution is -0.126. The molecule has 0 spiro atoms. The van der Waals surface area contributed by atoms with Crippen molar-refractivity contribution in [2.75, 3.05) is 19.6 Å². The van der Waals surface area contributed by atoms with Crippen molar-refractivity contribution in [2.24, 2.45) is 23.7 Å². The summed E-state index contributed by atoms with van der Waals surface area (Å²) >= 11 is 0. The maximum atomic E-state index is 12.1. The summed E-state index contributed by atoms with van der Waals surface area (Å²) in [5.41, 5.74) is 0. The highest BCUT2D eigenvalue weighted by Gasteiger charge is 2.29. The fraction of sp³-hybridized carbons (Fsp3) is 0.941. The number of rotatable bonds is 7. The topological polar surface area (TPSA) is 20.3 Å². The van der Waals surface area contributed by atoms with E-state index in [1.165, 1.54) is 6.42 Å². The van der Waals surface area contributed by atoms with Gasteiger partial charge in [0.25, 0.3) is 0 Å². The third kappa shape index (κ3) is 6.07. The number of nitrogens with zero attached hydrogens (tertiary/aromatic N) is 1. The minimum absolute atomic E-state index is 0.302. The van der Waals surface area contributed by atoms with Gasteiger partial charge in [0.2, 0.25) is 0 Å². The van der Waals surface area contributed by atoms with Gasteiger partial charge >= 0.3 is 0 Å². The summed E-state index contributed by atoms with van der Waals surface area (Å²) in [6.07, 6.45) is 4.31. The monoisotopic (exact) mass is 267 g/mol. The number of carbonyl (C=O) groups excluding carboxylic acids is 1. The maximum Gasteiger partial charge on any atom is 0.137 e. The highest BCUT2D eigenvalue weighted by molar-refractivity contribution is 5.81. The van der Waals surface area contributed by atoms with E-state index in [1.54, 1.807) is 0 Å². The summed E-state index contributed by atoms with van der Waals surface area (Å²) in [5.74, 6) is 2.96. The molecule has 0 aromatic carbocycles. The van der Waals surface area contributed by atoms with Crippen molar-refractivity contribution in [3.8, 4) is 0 Å². The molecule has 1 aliphatic rings. The predicted octanol–water partition coefficient (Wildman–Crippen LogP) is 4.00. The average molecular weight is 267 g/mol. The molecule has 0 saturated heterocycles. The lowest BCUT2D eigenvalue weighted by Gasteiger charge is -2.33. The van der Waals surface area contributed by atoms with E-state index in [4.69, 9.17) is 0 Å². The molecular formula is C17H33NO. The van der Waals surface area contributed by atoms with Gasteiger partial charge in [-0.1, -0.05) is 41.0 Å². The predicted molar refractivity (Wildman–Crippen MR) is 82.2 cm³/mol. The molecule has 1 fully saturated rings. The van der Waals surface area contributed by atoms with E-state index in [0.29, 0.717) is 23.5 Å². The molecule has 2 nitrogen and oxygen atoms in total. The van der Waals surface area contributed by atoms with Crippen LogP contribution in [0.2, 0.25) is 0 Å². The van der Waals surface area contributed by atoms with Crippen molar-refractivity contribution < 1.29 is 4.79 Å². The SMILES string of the molecule is CCC1CCC(=O)C(CN(CC(C)C)CC(C)C)C1. The Kier molecular flexibility index (Phi) is 7.06. The Labute approximate surface area is 119 Å². The summed E-state index contributed by atoms with van der Waals surface area (Å²) < 4.78 is 0. The number of ketones is 1. The van der Waals surface area contributed by atoms with Gasteiger partial charge in [-0.25, -0.2) is 0 Å². The van der Waals surface area contributed by atoms with Crippen molar-refractivity contribution in [1.29, 1.82) is 0 Å². The highest BCUT2D eigenvalue weighted by Crippen LogP contribution is 2.29. The minimum Gasteiger partial charge on any atom is -0.302 e. The molecular weight excluding hydrogens is 234 g/mol. The van der Waals surface area contributed by atoms with Crippen LogP contribution in [-0.4, -0.2) is 30.3 Å². The molecule has 1 rings (SSSR count). The van der Waals surface area contributed by atoms with Crippen LogP contribution < -0.4 is 0 Å². The largest absolute Gasteiger partial charge is 0.302 e. The summed E-state index contributed by atoms with van der Waals surface area (Å²) in [5, 5.41) is 0. The first-order valence-electron chi connectivity index (χ1n) is 8.17. The van der Waals surface area contributed by atoms with Gasteiger partial charge in [0.1, 0.15) is 5.78 Å². The Morgan fingerprint density at radius 2 is 1.74 bits per heavy atom. The third-order valence-electron chi connectivity index (χ3n) is 4.17. The normalized spacial score (nSPS) is 24.7. The van der Waals surface area contributed by atoms with Crippen molar-refractivity contribution in [1.82, 2.24) is 4.90 Å². The van der Waals surface area contributed by atoms with Crippen LogP contribution in [0.5, 0.6) is 0 Å². The standard InChI is InChI=1S/C17H33NO/c1-6-15-7-8-17(19)16(9-15)12-18(10-13(2)3)11-14(4)5/h13-16H,6-12H2,1-5H3. The molecule has 2 atom stereocenters. The molecule has 2 unspecified atom stereocenters. The van der Waals surface area contributed by atoms with Gasteiger partial charge in [0.15, 0.2) is 0 Å². The molecule has 0 aliphatic heterocycles. The number of carbonyl (C=O) groups is 1. The van der Waals surface area contributed by atoms with Crippen LogP contribution in [0, 0.1) is 23.7 Å². The molecule has 0 amide bonds. The lowest BCUT2D eigenvalue weighted by Crippen LogP contribution is -2.40. The van der Waals surface area contributed by atoms with Gasteiger partial charge in [-0.05, 0) is 30.6 Å². The molecule has 0 aromatic rings. The molecule has 0 bridgehead atoms. The Morgan fingerprint density at radius 1 is 1.16 bits per heavy atom. The number of Topliss-reactive ketones (excluding diaryl/α,β-unsaturated/α-hetero) is 1. The smallest absolute Gasteiger partial charge is 0.137 e. The maximum absolute atomic E-state index is 12.1. The number of hydrogen-bond acceptors (Lipinski definition) is 2. The second kappa shape index (κ2) is 8.04. The van der Waals surface area contributed by atoms with E-state index in [2.05, 4.69) is 39.5 Å². The van der Waals surface area contributed by atoms with E-state index < -0.39 is 0 Å². The van der Waals surface area contributed by atoms with Gasteiger partial charge in [0, 0.05) is 32.0 Å². The Morgan fingerprint density at radius 3 is 2.21 bits per heavy atom. The van der Waals surface area contributed by atoms with Crippen LogP contribution >= 0.6 is 0 Å². The summed E-state index contributed by atoms with van der Waals surface area (Å²) in [7, 11) is 0. The van der Waals surface area contributed by atoms with Crippen LogP contribution in [0.1, 0.15) is 60.3 Å². The van der Waals surface area contributed by atoms with Crippen LogP contribution in [-0.2, 0) is 4.79 Å². The second-order valence-corrected chi connectivity index (χ2v) is 7.22. The first-order valence-corrected chi connectivity index (χ1v) is 8.17. The van der Waals surface area contributed by atoms with E-state index in [0.717, 1.165) is 44.8 Å². The second-order valence-electron chi connectivity index (χ2n) is 7.22. The summed E-state index contributed by atoms with van der Waals surface area (Å²) in [4.78, 5) is 14.7. The molecule has 0 aromatic heterocycles. The third-order valence-corrected chi connectivity index (χ3v) is 4.17. The van der Waals surface area contributed by atoms with Gasteiger partial charge in [-0.2, -0.15) is 0 Å². The van der Waals surface area contributed by atoms with Gasteiger partial charge in [-0.3, -0.25) is 4.79 Å². The van der Waals surface area contributed by atoms with Crippen LogP contribution in [0.25, 0.3) is 0 Å². The van der Waals surface area contributed by atoms with Crippen LogP contribution in [0.4, 0.5) is 0 Å². The number of hydrogen-bond donors (Lipinski definition) is 0.